The van der Waals surface area contributed by atoms with Gasteiger partial charge >= 0.3 is 0 Å². The number of thiazole rings is 1. The van der Waals surface area contributed by atoms with E-state index in [1.165, 1.54) is 17.5 Å². The van der Waals surface area contributed by atoms with Crippen LogP contribution in [0.5, 0.6) is 0 Å². The predicted octanol–water partition coefficient (Wildman–Crippen LogP) is 4.05. The number of anilines is 2. The Morgan fingerprint density at radius 3 is 2.53 bits per heavy atom. The van der Waals surface area contributed by atoms with Gasteiger partial charge in [0.05, 0.1) is 23.0 Å². The van der Waals surface area contributed by atoms with Crippen LogP contribution in [0.1, 0.15) is 22.2 Å². The Morgan fingerprint density at radius 2 is 1.78 bits per heavy atom. The van der Waals surface area contributed by atoms with Gasteiger partial charge in [-0.3, -0.25) is 0 Å². The van der Waals surface area contributed by atoms with E-state index >= 15 is 0 Å². The van der Waals surface area contributed by atoms with Crippen LogP contribution in [-0.2, 0) is 0 Å². The molecule has 0 aliphatic rings. The first-order chi connectivity index (χ1) is 15.8. The molecule has 0 fully saturated rings. The van der Waals surface area contributed by atoms with Crippen LogP contribution in [-0.4, -0.2) is 33.0 Å². The molecule has 0 amide bonds. The minimum atomic E-state index is -0.568. The van der Waals surface area contributed by atoms with Crippen LogP contribution in [0.4, 0.5) is 11.8 Å². The zero-order chi connectivity index (χ0) is 22.2. The minimum Gasteiger partial charge on any atom is -0.368 e. The molecular formula is C23H18N8S. The number of aromatic nitrogens is 4. The molecule has 3 heterocycles. The number of nitrogens with zero attached hydrogens (tertiary/aromatic N) is 6. The van der Waals surface area contributed by atoms with Gasteiger partial charge in [-0.1, -0.05) is 30.3 Å². The van der Waals surface area contributed by atoms with Crippen LogP contribution in [0.25, 0.3) is 11.3 Å². The van der Waals surface area contributed by atoms with Gasteiger partial charge in [0.15, 0.2) is 0 Å². The summed E-state index contributed by atoms with van der Waals surface area (Å²) in [6.07, 6.45) is 3.16. The van der Waals surface area contributed by atoms with Crippen LogP contribution < -0.4 is 10.6 Å². The lowest BCUT2D eigenvalue weighted by molar-refractivity contribution is 0.921. The molecule has 2 N–H and O–H groups in total. The lowest BCUT2D eigenvalue weighted by Gasteiger charge is -2.09. The summed E-state index contributed by atoms with van der Waals surface area (Å²) in [7, 11) is 0. The summed E-state index contributed by atoms with van der Waals surface area (Å²) in [5.74, 6) is 0.558. The molecule has 4 aromatic rings. The second kappa shape index (κ2) is 10.1. The first-order valence-corrected chi connectivity index (χ1v) is 10.7. The fourth-order valence-corrected chi connectivity index (χ4v) is 3.84. The van der Waals surface area contributed by atoms with Crippen LogP contribution in [0.2, 0.25) is 0 Å². The molecular weight excluding hydrogens is 420 g/mol. The van der Waals surface area contributed by atoms with Crippen molar-refractivity contribution in [1.82, 2.24) is 19.9 Å². The largest absolute Gasteiger partial charge is 0.368 e. The van der Waals surface area contributed by atoms with E-state index in [2.05, 4.69) is 36.6 Å². The van der Waals surface area contributed by atoms with Gasteiger partial charge in [0.25, 0.3) is 0 Å². The second-order valence-corrected chi connectivity index (χ2v) is 7.59. The van der Waals surface area contributed by atoms with Crippen molar-refractivity contribution in [2.45, 2.75) is 5.92 Å². The molecule has 1 aromatic carbocycles. The van der Waals surface area contributed by atoms with E-state index in [9.17, 15) is 5.26 Å². The monoisotopic (exact) mass is 438 g/mol. The summed E-state index contributed by atoms with van der Waals surface area (Å²) in [4.78, 5) is 17.6. The smallest absolute Gasteiger partial charge is 0.222 e. The highest BCUT2D eigenvalue weighted by molar-refractivity contribution is 7.10. The molecule has 0 bridgehead atoms. The zero-order valence-electron chi connectivity index (χ0n) is 16.9. The molecule has 0 aliphatic heterocycles. The van der Waals surface area contributed by atoms with E-state index in [0.29, 0.717) is 41.1 Å². The van der Waals surface area contributed by atoms with Crippen molar-refractivity contribution in [1.29, 1.82) is 10.5 Å². The Bertz CT molecular complexity index is 1260. The Hall–Kier alpha value is -4.34. The lowest BCUT2D eigenvalue weighted by atomic mass is 10.1. The highest BCUT2D eigenvalue weighted by Crippen LogP contribution is 2.29. The Balaban J connectivity index is 1.38. The van der Waals surface area contributed by atoms with Crippen LogP contribution in [0.15, 0.2) is 66.3 Å². The average molecular weight is 439 g/mol. The summed E-state index contributed by atoms with van der Waals surface area (Å²) in [5.41, 5.74) is 2.98. The molecule has 0 radical (unpaired) electrons. The standard InChI is InChI=1S/C23H18N8S/c24-12-16-6-7-21(29-14-16)26-10-11-28-23-27-9-8-19(31-23)18(13-25)22-30-20(15-32-22)17-4-2-1-3-5-17/h1-9,14-15,18H,10-11H2,(H,26,29)(H,27,28,31). The summed E-state index contributed by atoms with van der Waals surface area (Å²) < 4.78 is 0. The van der Waals surface area contributed by atoms with Crippen LogP contribution >= 0.6 is 11.3 Å². The maximum absolute atomic E-state index is 9.78. The number of nitriles is 2. The number of rotatable bonds is 8. The SMILES string of the molecule is N#Cc1ccc(NCCNc2nccc(C(C#N)c3nc(-c4ccccc4)cs3)n2)nc1. The van der Waals surface area contributed by atoms with E-state index in [-0.39, 0.29) is 0 Å². The molecule has 32 heavy (non-hydrogen) atoms. The molecule has 1 unspecified atom stereocenters. The van der Waals surface area contributed by atoms with Crippen molar-refractivity contribution in [2.75, 3.05) is 23.7 Å². The lowest BCUT2D eigenvalue weighted by Crippen LogP contribution is -2.16. The van der Waals surface area contributed by atoms with Crippen molar-refractivity contribution in [3.63, 3.8) is 0 Å². The molecule has 9 heteroatoms. The van der Waals surface area contributed by atoms with Crippen molar-refractivity contribution in [2.24, 2.45) is 0 Å². The summed E-state index contributed by atoms with van der Waals surface area (Å²) in [6.45, 7) is 1.14. The Kier molecular flexibility index (Phi) is 6.61. The van der Waals surface area contributed by atoms with Crippen molar-refractivity contribution in [3.8, 4) is 23.4 Å². The fraction of sp³-hybridized carbons (Fsp3) is 0.130. The van der Waals surface area contributed by atoms with E-state index < -0.39 is 5.92 Å². The number of benzene rings is 1. The van der Waals surface area contributed by atoms with Crippen LogP contribution in [0.3, 0.4) is 0 Å². The Labute approximate surface area is 189 Å². The van der Waals surface area contributed by atoms with E-state index in [4.69, 9.17) is 5.26 Å². The highest BCUT2D eigenvalue weighted by atomic mass is 32.1. The van der Waals surface area contributed by atoms with E-state index in [1.807, 2.05) is 41.8 Å². The molecule has 4 rings (SSSR count). The predicted molar refractivity (Wildman–Crippen MR) is 123 cm³/mol. The van der Waals surface area contributed by atoms with Gasteiger partial charge in [-0.2, -0.15) is 10.5 Å². The molecule has 0 saturated heterocycles. The Morgan fingerprint density at radius 1 is 0.938 bits per heavy atom. The second-order valence-electron chi connectivity index (χ2n) is 6.70. The normalized spacial score (nSPS) is 11.2. The van der Waals surface area contributed by atoms with Gasteiger partial charge in [-0.25, -0.2) is 19.9 Å². The highest BCUT2D eigenvalue weighted by Gasteiger charge is 2.20. The number of hydrogen-bond acceptors (Lipinski definition) is 9. The molecule has 3 aromatic heterocycles. The van der Waals surface area contributed by atoms with E-state index in [0.717, 1.165) is 11.3 Å². The maximum Gasteiger partial charge on any atom is 0.222 e. The third-order valence-electron chi connectivity index (χ3n) is 4.55. The molecule has 0 saturated carbocycles. The maximum atomic E-state index is 9.78. The van der Waals surface area contributed by atoms with Gasteiger partial charge in [0.2, 0.25) is 5.95 Å². The molecule has 0 aliphatic carbocycles. The van der Waals surface area contributed by atoms with Gasteiger partial charge in [0, 0.05) is 36.4 Å². The van der Waals surface area contributed by atoms with Gasteiger partial charge in [-0.15, -0.1) is 11.3 Å². The summed E-state index contributed by atoms with van der Waals surface area (Å²) >= 11 is 1.45. The van der Waals surface area contributed by atoms with Crippen molar-refractivity contribution < 1.29 is 0 Å². The third-order valence-corrected chi connectivity index (χ3v) is 5.46. The number of nitrogens with one attached hydrogen (secondary N) is 2. The summed E-state index contributed by atoms with van der Waals surface area (Å²) in [5, 5.41) is 27.6. The average Bonchev–Trinajstić information content (AvgIpc) is 3.33. The van der Waals surface area contributed by atoms with Gasteiger partial charge < -0.3 is 10.6 Å². The third kappa shape index (κ3) is 5.04. The van der Waals surface area contributed by atoms with Crippen LogP contribution in [0, 0.1) is 22.7 Å². The molecule has 0 spiro atoms. The van der Waals surface area contributed by atoms with E-state index in [1.54, 1.807) is 24.4 Å². The molecule has 8 nitrogen and oxygen atoms in total. The fourth-order valence-electron chi connectivity index (χ4n) is 2.96. The topological polar surface area (TPSA) is 123 Å². The molecule has 1 atom stereocenters. The molecule has 156 valence electrons. The summed E-state index contributed by atoms with van der Waals surface area (Å²) in [6, 6.07) is 19.4. The van der Waals surface area contributed by atoms with Gasteiger partial charge in [-0.05, 0) is 18.2 Å². The first-order valence-electron chi connectivity index (χ1n) is 9.84. The van der Waals surface area contributed by atoms with Gasteiger partial charge in [0.1, 0.15) is 22.8 Å². The van der Waals surface area contributed by atoms with Crippen molar-refractivity contribution in [3.05, 3.63) is 82.6 Å². The number of pyridine rings is 1. The minimum absolute atomic E-state index is 0.442. The quantitative estimate of drug-likeness (QED) is 0.395. The van der Waals surface area contributed by atoms with Crippen molar-refractivity contribution >= 4 is 23.1 Å². The zero-order valence-corrected chi connectivity index (χ0v) is 17.8. The first kappa shape index (κ1) is 20.9. The number of hydrogen-bond donors (Lipinski definition) is 2.